The van der Waals surface area contributed by atoms with Crippen molar-refractivity contribution in [2.75, 3.05) is 17.1 Å². The summed E-state index contributed by atoms with van der Waals surface area (Å²) in [5, 5.41) is 9.17. The maximum Gasteiger partial charge on any atom is 0.296 e. The predicted octanol–water partition coefficient (Wildman–Crippen LogP) is 2.43. The zero-order valence-corrected chi connectivity index (χ0v) is 15.1. The van der Waals surface area contributed by atoms with Gasteiger partial charge in [-0.1, -0.05) is 12.1 Å². The standard InChI is InChI=1S/C17H19N5O3S/c1-11(12-3-5-13(6-4-12)22-26(18,23)24)21-17-15-9-14(25-2)7-8-16(15)19-10-20-17/h3-11,22H,1-2H3,(H2,18,23,24)(H,19,20,21). The van der Waals surface area contributed by atoms with Crippen molar-refractivity contribution >= 4 is 32.6 Å². The van der Waals surface area contributed by atoms with Crippen LogP contribution in [0.25, 0.3) is 10.9 Å². The van der Waals surface area contributed by atoms with E-state index in [1.807, 2.05) is 37.3 Å². The number of anilines is 2. The van der Waals surface area contributed by atoms with Gasteiger partial charge in [-0.05, 0) is 42.8 Å². The number of hydrogen-bond acceptors (Lipinski definition) is 6. The second kappa shape index (κ2) is 7.14. The molecule has 3 rings (SSSR count). The van der Waals surface area contributed by atoms with Crippen LogP contribution in [0.2, 0.25) is 0 Å². The van der Waals surface area contributed by atoms with Crippen molar-refractivity contribution in [3.63, 3.8) is 0 Å². The lowest BCUT2D eigenvalue weighted by atomic mass is 10.1. The molecule has 1 aromatic heterocycles. The van der Waals surface area contributed by atoms with Crippen molar-refractivity contribution in [3.05, 3.63) is 54.4 Å². The molecule has 1 heterocycles. The van der Waals surface area contributed by atoms with E-state index in [9.17, 15) is 8.42 Å². The Morgan fingerprint density at radius 3 is 2.50 bits per heavy atom. The third-order valence-electron chi connectivity index (χ3n) is 3.87. The highest BCUT2D eigenvalue weighted by atomic mass is 32.2. The summed E-state index contributed by atoms with van der Waals surface area (Å²) in [6.45, 7) is 1.98. The summed E-state index contributed by atoms with van der Waals surface area (Å²) in [5.74, 6) is 1.41. The van der Waals surface area contributed by atoms with Gasteiger partial charge in [0.25, 0.3) is 10.2 Å². The first-order valence-corrected chi connectivity index (χ1v) is 9.36. The van der Waals surface area contributed by atoms with Gasteiger partial charge in [0.15, 0.2) is 0 Å². The maximum absolute atomic E-state index is 11.1. The van der Waals surface area contributed by atoms with Gasteiger partial charge in [0.1, 0.15) is 17.9 Å². The molecule has 1 unspecified atom stereocenters. The Labute approximate surface area is 151 Å². The third kappa shape index (κ3) is 4.19. The molecule has 0 radical (unpaired) electrons. The van der Waals surface area contributed by atoms with E-state index in [0.29, 0.717) is 11.5 Å². The maximum atomic E-state index is 11.1. The van der Waals surface area contributed by atoms with Crippen molar-refractivity contribution in [2.45, 2.75) is 13.0 Å². The van der Waals surface area contributed by atoms with Gasteiger partial charge >= 0.3 is 0 Å². The molecule has 26 heavy (non-hydrogen) atoms. The molecule has 4 N–H and O–H groups in total. The second-order valence-electron chi connectivity index (χ2n) is 5.74. The molecule has 0 aliphatic rings. The number of ether oxygens (including phenoxy) is 1. The van der Waals surface area contributed by atoms with Crippen molar-refractivity contribution in [2.24, 2.45) is 5.14 Å². The molecule has 9 heteroatoms. The van der Waals surface area contributed by atoms with Gasteiger partial charge in [-0.15, -0.1) is 0 Å². The van der Waals surface area contributed by atoms with Crippen LogP contribution in [0.4, 0.5) is 11.5 Å². The molecular weight excluding hydrogens is 354 g/mol. The Kier molecular flexibility index (Phi) is 4.92. The van der Waals surface area contributed by atoms with Gasteiger partial charge in [-0.2, -0.15) is 8.42 Å². The number of fused-ring (bicyclic) bond motifs is 1. The number of nitrogens with two attached hydrogens (primary N) is 1. The molecular formula is C17H19N5O3S. The van der Waals surface area contributed by atoms with Gasteiger partial charge < -0.3 is 10.1 Å². The molecule has 2 aromatic carbocycles. The first-order valence-electron chi connectivity index (χ1n) is 7.81. The van der Waals surface area contributed by atoms with Crippen LogP contribution in [-0.4, -0.2) is 25.5 Å². The quantitative estimate of drug-likeness (QED) is 0.610. The highest BCUT2D eigenvalue weighted by molar-refractivity contribution is 7.90. The average Bonchev–Trinajstić information content (AvgIpc) is 2.61. The molecule has 0 saturated heterocycles. The van der Waals surface area contributed by atoms with Crippen molar-refractivity contribution in [3.8, 4) is 5.75 Å². The topological polar surface area (TPSA) is 119 Å². The zero-order chi connectivity index (χ0) is 18.7. The fourth-order valence-electron chi connectivity index (χ4n) is 2.57. The first kappa shape index (κ1) is 17.9. The molecule has 0 saturated carbocycles. The van der Waals surface area contributed by atoms with Gasteiger partial charge in [-0.3, -0.25) is 4.72 Å². The summed E-state index contributed by atoms with van der Waals surface area (Å²) in [6.07, 6.45) is 1.50. The fourth-order valence-corrected chi connectivity index (χ4v) is 3.03. The van der Waals surface area contributed by atoms with Crippen molar-refractivity contribution in [1.29, 1.82) is 0 Å². The molecule has 3 aromatic rings. The van der Waals surface area contributed by atoms with Gasteiger partial charge in [0.05, 0.1) is 12.6 Å². The molecule has 0 amide bonds. The van der Waals surface area contributed by atoms with E-state index in [4.69, 9.17) is 9.88 Å². The summed E-state index contributed by atoms with van der Waals surface area (Å²) in [6, 6.07) is 12.5. The van der Waals surface area contributed by atoms with E-state index < -0.39 is 10.2 Å². The van der Waals surface area contributed by atoms with Gasteiger partial charge in [0, 0.05) is 17.1 Å². The first-order chi connectivity index (χ1) is 12.4. The second-order valence-corrected chi connectivity index (χ2v) is 7.03. The summed E-state index contributed by atoms with van der Waals surface area (Å²) in [7, 11) is -2.18. The molecule has 0 aliphatic carbocycles. The van der Waals surface area contributed by atoms with Crippen LogP contribution >= 0.6 is 0 Å². The number of benzene rings is 2. The number of hydrogen-bond donors (Lipinski definition) is 3. The summed E-state index contributed by atoms with van der Waals surface area (Å²) >= 11 is 0. The molecule has 0 bridgehead atoms. The predicted molar refractivity (Wildman–Crippen MR) is 101 cm³/mol. The highest BCUT2D eigenvalue weighted by Gasteiger charge is 2.11. The third-order valence-corrected chi connectivity index (χ3v) is 4.39. The molecule has 0 spiro atoms. The van der Waals surface area contributed by atoms with Crippen LogP contribution in [0.3, 0.4) is 0 Å². The number of rotatable bonds is 6. The zero-order valence-electron chi connectivity index (χ0n) is 14.3. The summed E-state index contributed by atoms with van der Waals surface area (Å²) in [5.41, 5.74) is 2.17. The van der Waals surface area contributed by atoms with E-state index in [1.165, 1.54) is 6.33 Å². The van der Waals surface area contributed by atoms with E-state index in [2.05, 4.69) is 20.0 Å². The molecule has 1 atom stereocenters. The van der Waals surface area contributed by atoms with Crippen LogP contribution < -0.4 is 19.9 Å². The Hall–Kier alpha value is -2.91. The Balaban J connectivity index is 1.83. The minimum absolute atomic E-state index is 0.0668. The Bertz CT molecular complexity index is 1020. The van der Waals surface area contributed by atoms with E-state index in [-0.39, 0.29) is 6.04 Å². The van der Waals surface area contributed by atoms with Crippen LogP contribution in [0.15, 0.2) is 48.8 Å². The minimum Gasteiger partial charge on any atom is -0.497 e. The van der Waals surface area contributed by atoms with Crippen LogP contribution in [0, 0.1) is 0 Å². The van der Waals surface area contributed by atoms with E-state index >= 15 is 0 Å². The Morgan fingerprint density at radius 1 is 1.12 bits per heavy atom. The van der Waals surface area contributed by atoms with Crippen LogP contribution in [0.5, 0.6) is 5.75 Å². The lowest BCUT2D eigenvalue weighted by Gasteiger charge is -2.17. The average molecular weight is 373 g/mol. The number of methoxy groups -OCH3 is 1. The number of aromatic nitrogens is 2. The fraction of sp³-hybridized carbons (Fsp3) is 0.176. The SMILES string of the molecule is COc1ccc2ncnc(NC(C)c3ccc(NS(N)(=O)=O)cc3)c2c1. The lowest BCUT2D eigenvalue weighted by molar-refractivity contribution is 0.415. The van der Waals surface area contributed by atoms with Gasteiger partial charge in [-0.25, -0.2) is 15.1 Å². The van der Waals surface area contributed by atoms with E-state index in [1.54, 1.807) is 19.2 Å². The normalized spacial score (nSPS) is 12.6. The lowest BCUT2D eigenvalue weighted by Crippen LogP contribution is -2.21. The van der Waals surface area contributed by atoms with Crippen LogP contribution in [0.1, 0.15) is 18.5 Å². The number of nitrogens with zero attached hydrogens (tertiary/aromatic N) is 2. The monoisotopic (exact) mass is 373 g/mol. The number of nitrogens with one attached hydrogen (secondary N) is 2. The van der Waals surface area contributed by atoms with Crippen molar-refractivity contribution in [1.82, 2.24) is 9.97 Å². The minimum atomic E-state index is -3.78. The summed E-state index contributed by atoms with van der Waals surface area (Å²) in [4.78, 5) is 8.59. The molecule has 0 fully saturated rings. The smallest absolute Gasteiger partial charge is 0.296 e. The Morgan fingerprint density at radius 2 is 1.85 bits per heavy atom. The molecule has 8 nitrogen and oxygen atoms in total. The largest absolute Gasteiger partial charge is 0.497 e. The molecule has 0 aliphatic heterocycles. The molecule has 136 valence electrons. The van der Waals surface area contributed by atoms with Crippen molar-refractivity contribution < 1.29 is 13.2 Å². The van der Waals surface area contributed by atoms with Crippen LogP contribution in [-0.2, 0) is 10.2 Å². The summed E-state index contributed by atoms with van der Waals surface area (Å²) < 4.78 is 29.6. The van der Waals surface area contributed by atoms with E-state index in [0.717, 1.165) is 22.2 Å². The van der Waals surface area contributed by atoms with Gasteiger partial charge in [0.2, 0.25) is 0 Å². The highest BCUT2D eigenvalue weighted by Crippen LogP contribution is 2.27.